The summed E-state index contributed by atoms with van der Waals surface area (Å²) in [5.41, 5.74) is 4.13. The van der Waals surface area contributed by atoms with Crippen LogP contribution in [-0.4, -0.2) is 13.0 Å². The van der Waals surface area contributed by atoms with Gasteiger partial charge in [-0.2, -0.15) is 0 Å². The lowest BCUT2D eigenvalue weighted by molar-refractivity contribution is -0.113. The molecular weight excluding hydrogens is 370 g/mol. The number of methoxy groups -OCH3 is 1. The van der Waals surface area contributed by atoms with E-state index in [0.29, 0.717) is 10.6 Å². The maximum Gasteiger partial charge on any atom is 0.262 e. The van der Waals surface area contributed by atoms with Gasteiger partial charge in [0.05, 0.1) is 12.8 Å². The molecule has 1 amide bonds. The number of anilines is 1. The molecule has 3 aromatic rings. The summed E-state index contributed by atoms with van der Waals surface area (Å²) >= 11 is 6.04. The molecule has 0 aromatic heterocycles. The minimum absolute atomic E-state index is 0.0704. The van der Waals surface area contributed by atoms with E-state index in [2.05, 4.69) is 0 Å². The van der Waals surface area contributed by atoms with Crippen molar-refractivity contribution in [1.29, 1.82) is 0 Å². The summed E-state index contributed by atoms with van der Waals surface area (Å²) < 4.78 is 5.24. The number of amides is 1. The Labute approximate surface area is 169 Å². The van der Waals surface area contributed by atoms with Crippen LogP contribution in [0, 0.1) is 0 Å². The second-order valence-corrected chi connectivity index (χ2v) is 6.82. The molecule has 3 nitrogen and oxygen atoms in total. The normalized spacial score (nSPS) is 15.1. The molecule has 1 heterocycles. The third kappa shape index (κ3) is 3.57. The highest BCUT2D eigenvalue weighted by Crippen LogP contribution is 2.36. The van der Waals surface area contributed by atoms with Gasteiger partial charge in [0, 0.05) is 16.3 Å². The first-order valence-electron chi connectivity index (χ1n) is 8.88. The van der Waals surface area contributed by atoms with Crippen LogP contribution in [-0.2, 0) is 4.79 Å². The third-order valence-corrected chi connectivity index (χ3v) is 4.83. The van der Waals surface area contributed by atoms with E-state index in [0.717, 1.165) is 28.3 Å². The SMILES string of the molecule is COc1ccc(N2C(=O)/C(=C/c3ccccc3)C=C2c2ccc(Cl)cc2)cc1. The molecule has 3 aromatic carbocycles. The number of rotatable bonds is 4. The molecule has 4 rings (SSSR count). The first-order valence-corrected chi connectivity index (χ1v) is 9.26. The van der Waals surface area contributed by atoms with Crippen LogP contribution in [0.25, 0.3) is 11.8 Å². The van der Waals surface area contributed by atoms with Gasteiger partial charge < -0.3 is 4.74 Å². The van der Waals surface area contributed by atoms with Crippen molar-refractivity contribution < 1.29 is 9.53 Å². The van der Waals surface area contributed by atoms with Gasteiger partial charge in [-0.25, -0.2) is 0 Å². The number of ether oxygens (including phenoxy) is 1. The van der Waals surface area contributed by atoms with Crippen LogP contribution in [0.1, 0.15) is 11.1 Å². The molecule has 1 aliphatic rings. The Hall–Kier alpha value is -3.30. The number of halogens is 1. The fourth-order valence-electron chi connectivity index (χ4n) is 3.17. The lowest BCUT2D eigenvalue weighted by atomic mass is 10.1. The van der Waals surface area contributed by atoms with E-state index >= 15 is 0 Å². The standard InChI is InChI=1S/C24H18ClNO2/c1-28-22-13-11-21(12-14-22)26-23(18-7-9-20(25)10-8-18)16-19(24(26)27)15-17-5-3-2-4-6-17/h2-16H,1H3/b19-15+. The van der Waals surface area contributed by atoms with E-state index in [1.165, 1.54) is 0 Å². The zero-order valence-corrected chi connectivity index (χ0v) is 16.1. The fourth-order valence-corrected chi connectivity index (χ4v) is 3.29. The summed E-state index contributed by atoms with van der Waals surface area (Å²) in [7, 11) is 1.62. The van der Waals surface area contributed by atoms with Crippen molar-refractivity contribution >= 4 is 35.0 Å². The van der Waals surface area contributed by atoms with Crippen LogP contribution in [0.2, 0.25) is 5.02 Å². The van der Waals surface area contributed by atoms with Crippen molar-refractivity contribution in [1.82, 2.24) is 0 Å². The van der Waals surface area contributed by atoms with Crippen molar-refractivity contribution in [3.63, 3.8) is 0 Å². The van der Waals surface area contributed by atoms with Gasteiger partial charge in [-0.05, 0) is 59.7 Å². The monoisotopic (exact) mass is 387 g/mol. The summed E-state index contributed by atoms with van der Waals surface area (Å²) in [6, 6.07) is 24.8. The maximum absolute atomic E-state index is 13.3. The maximum atomic E-state index is 13.3. The Morgan fingerprint density at radius 3 is 2.21 bits per heavy atom. The molecule has 0 aliphatic carbocycles. The van der Waals surface area contributed by atoms with Gasteiger partial charge in [0.2, 0.25) is 0 Å². The number of carbonyl (C=O) groups excluding carboxylic acids is 1. The Morgan fingerprint density at radius 2 is 1.57 bits per heavy atom. The van der Waals surface area contributed by atoms with Crippen LogP contribution in [0.5, 0.6) is 5.75 Å². The first kappa shape index (κ1) is 18.1. The highest BCUT2D eigenvalue weighted by Gasteiger charge is 2.30. The largest absolute Gasteiger partial charge is 0.497 e. The summed E-state index contributed by atoms with van der Waals surface area (Å²) in [4.78, 5) is 15.0. The van der Waals surface area contributed by atoms with E-state index in [1.54, 1.807) is 12.0 Å². The van der Waals surface area contributed by atoms with Gasteiger partial charge >= 0.3 is 0 Å². The number of benzene rings is 3. The number of carbonyl (C=O) groups is 1. The molecule has 0 fully saturated rings. The molecule has 4 heteroatoms. The van der Waals surface area contributed by atoms with Crippen LogP contribution in [0.3, 0.4) is 0 Å². The van der Waals surface area contributed by atoms with Crippen LogP contribution in [0.4, 0.5) is 5.69 Å². The van der Waals surface area contributed by atoms with Gasteiger partial charge in [0.25, 0.3) is 5.91 Å². The molecule has 0 unspecified atom stereocenters. The zero-order valence-electron chi connectivity index (χ0n) is 15.3. The van der Waals surface area contributed by atoms with Crippen molar-refractivity contribution in [3.8, 4) is 5.75 Å². The predicted octanol–water partition coefficient (Wildman–Crippen LogP) is 5.82. The highest BCUT2D eigenvalue weighted by molar-refractivity contribution is 6.30. The smallest absolute Gasteiger partial charge is 0.262 e. The molecule has 0 spiro atoms. The number of nitrogens with zero attached hydrogens (tertiary/aromatic N) is 1. The van der Waals surface area contributed by atoms with Gasteiger partial charge in [-0.1, -0.05) is 54.1 Å². The summed E-state index contributed by atoms with van der Waals surface area (Å²) in [6.45, 7) is 0. The van der Waals surface area contributed by atoms with Gasteiger partial charge in [0.15, 0.2) is 0 Å². The quantitative estimate of drug-likeness (QED) is 0.528. The van der Waals surface area contributed by atoms with Crippen LogP contribution >= 0.6 is 11.6 Å². The van der Waals surface area contributed by atoms with Crippen molar-refractivity contribution in [2.45, 2.75) is 0 Å². The molecule has 138 valence electrons. The van der Waals surface area contributed by atoms with E-state index in [1.807, 2.05) is 91.0 Å². The van der Waals surface area contributed by atoms with Gasteiger partial charge in [0.1, 0.15) is 5.75 Å². The Morgan fingerprint density at radius 1 is 0.893 bits per heavy atom. The zero-order chi connectivity index (χ0) is 19.5. The highest BCUT2D eigenvalue weighted by atomic mass is 35.5. The van der Waals surface area contributed by atoms with Crippen molar-refractivity contribution in [3.05, 3.63) is 107 Å². The lowest BCUT2D eigenvalue weighted by Crippen LogP contribution is -2.24. The fraction of sp³-hybridized carbons (Fsp3) is 0.0417. The summed E-state index contributed by atoms with van der Waals surface area (Å²) in [5.74, 6) is 0.673. The summed E-state index contributed by atoms with van der Waals surface area (Å²) in [6.07, 6.45) is 3.82. The second kappa shape index (κ2) is 7.75. The average Bonchev–Trinajstić information content (AvgIpc) is 3.05. The van der Waals surface area contributed by atoms with Crippen LogP contribution in [0.15, 0.2) is 90.5 Å². The molecular formula is C24H18ClNO2. The second-order valence-electron chi connectivity index (χ2n) is 6.39. The molecule has 0 N–H and O–H groups in total. The Bertz CT molecular complexity index is 1050. The molecule has 0 saturated heterocycles. The molecule has 0 atom stereocenters. The lowest BCUT2D eigenvalue weighted by Gasteiger charge is -2.21. The third-order valence-electron chi connectivity index (χ3n) is 4.58. The average molecular weight is 388 g/mol. The Balaban J connectivity index is 1.80. The van der Waals surface area contributed by atoms with Gasteiger partial charge in [-0.15, -0.1) is 0 Å². The molecule has 0 saturated carbocycles. The predicted molar refractivity (Wildman–Crippen MR) is 114 cm³/mol. The summed E-state index contributed by atoms with van der Waals surface area (Å²) in [5, 5.41) is 0.657. The first-order chi connectivity index (χ1) is 13.7. The topological polar surface area (TPSA) is 29.5 Å². The minimum Gasteiger partial charge on any atom is -0.497 e. The number of hydrogen-bond acceptors (Lipinski definition) is 2. The molecule has 0 radical (unpaired) electrons. The Kier molecular flexibility index (Phi) is 5.00. The van der Waals surface area contributed by atoms with E-state index < -0.39 is 0 Å². The molecule has 0 bridgehead atoms. The van der Waals surface area contributed by atoms with Crippen molar-refractivity contribution in [2.75, 3.05) is 12.0 Å². The molecule has 28 heavy (non-hydrogen) atoms. The van der Waals surface area contributed by atoms with Crippen molar-refractivity contribution in [2.24, 2.45) is 0 Å². The molecule has 1 aliphatic heterocycles. The van der Waals surface area contributed by atoms with E-state index in [-0.39, 0.29) is 5.91 Å². The van der Waals surface area contributed by atoms with Crippen LogP contribution < -0.4 is 9.64 Å². The minimum atomic E-state index is -0.0704. The number of hydrogen-bond donors (Lipinski definition) is 0. The van der Waals surface area contributed by atoms with E-state index in [4.69, 9.17) is 16.3 Å². The van der Waals surface area contributed by atoms with E-state index in [9.17, 15) is 4.79 Å². The van der Waals surface area contributed by atoms with Gasteiger partial charge in [-0.3, -0.25) is 9.69 Å².